The molecule has 2 aliphatic carbocycles. The lowest BCUT2D eigenvalue weighted by Gasteiger charge is -2.40. The van der Waals surface area contributed by atoms with Gasteiger partial charge in [0, 0.05) is 35.9 Å². The fourth-order valence-electron chi connectivity index (χ4n) is 5.94. The molecule has 1 unspecified atom stereocenters. The van der Waals surface area contributed by atoms with Crippen LogP contribution >= 0.6 is 11.6 Å². The van der Waals surface area contributed by atoms with Crippen molar-refractivity contribution in [3.8, 4) is 5.75 Å². The van der Waals surface area contributed by atoms with Gasteiger partial charge in [0.15, 0.2) is 0 Å². The molecular formula is C30H38ClNO8. The molecule has 7 atom stereocenters. The SMILES string of the molecule is O=C(O)[C@@H]1CC(c2cc(Cc3cc([C@@H]4C[C@H](CO)[C@@H](O)[C@H](O)[C@H]4O)ccc3Cl)ccc2OCCOC2CC2)CN1. The Bertz CT molecular complexity index is 1190. The summed E-state index contributed by atoms with van der Waals surface area (Å²) in [5, 5.41) is 54.1. The molecule has 1 heterocycles. The van der Waals surface area contributed by atoms with Crippen molar-refractivity contribution in [2.75, 3.05) is 26.4 Å². The molecule has 0 radical (unpaired) electrons. The molecule has 2 aromatic rings. The van der Waals surface area contributed by atoms with Gasteiger partial charge in [-0.05, 0) is 66.5 Å². The highest BCUT2D eigenvalue weighted by Gasteiger charge is 2.43. The number of carboxylic acids is 1. The first-order valence-electron chi connectivity index (χ1n) is 14.0. The zero-order valence-corrected chi connectivity index (χ0v) is 23.0. The Balaban J connectivity index is 1.36. The van der Waals surface area contributed by atoms with E-state index in [1.807, 2.05) is 24.3 Å². The van der Waals surface area contributed by atoms with E-state index in [4.69, 9.17) is 21.1 Å². The molecule has 9 nitrogen and oxygen atoms in total. The van der Waals surface area contributed by atoms with E-state index in [0.717, 1.165) is 35.1 Å². The predicted molar refractivity (Wildman–Crippen MR) is 148 cm³/mol. The Hall–Kier alpha value is -2.24. The third kappa shape index (κ3) is 6.62. The molecule has 1 aliphatic heterocycles. The largest absolute Gasteiger partial charge is 0.491 e. The number of benzene rings is 2. The molecule has 2 aromatic carbocycles. The molecule has 0 spiro atoms. The van der Waals surface area contributed by atoms with Crippen molar-refractivity contribution in [3.63, 3.8) is 0 Å². The lowest BCUT2D eigenvalue weighted by molar-refractivity contribution is -0.139. The van der Waals surface area contributed by atoms with Crippen LogP contribution < -0.4 is 10.1 Å². The normalized spacial score (nSPS) is 30.4. The van der Waals surface area contributed by atoms with Crippen molar-refractivity contribution in [1.29, 1.82) is 0 Å². The van der Waals surface area contributed by atoms with Crippen LogP contribution in [0.4, 0.5) is 0 Å². The van der Waals surface area contributed by atoms with Gasteiger partial charge in [-0.1, -0.05) is 35.9 Å². The first kappa shape index (κ1) is 29.3. The smallest absolute Gasteiger partial charge is 0.320 e. The minimum absolute atomic E-state index is 0.0251. The zero-order chi connectivity index (χ0) is 28.4. The van der Waals surface area contributed by atoms with E-state index in [0.29, 0.717) is 55.9 Å². The van der Waals surface area contributed by atoms with E-state index in [1.165, 1.54) is 0 Å². The van der Waals surface area contributed by atoms with E-state index < -0.39 is 42.2 Å². The molecule has 40 heavy (non-hydrogen) atoms. The third-order valence-electron chi connectivity index (χ3n) is 8.44. The Labute approximate surface area is 238 Å². The van der Waals surface area contributed by atoms with E-state index >= 15 is 0 Å². The summed E-state index contributed by atoms with van der Waals surface area (Å²) < 4.78 is 11.8. The van der Waals surface area contributed by atoms with Crippen molar-refractivity contribution in [1.82, 2.24) is 5.32 Å². The maximum atomic E-state index is 11.6. The van der Waals surface area contributed by atoms with E-state index in [-0.39, 0.29) is 12.5 Å². The fraction of sp³-hybridized carbons (Fsp3) is 0.567. The second kappa shape index (κ2) is 12.7. The van der Waals surface area contributed by atoms with Gasteiger partial charge < -0.3 is 40.3 Å². The minimum atomic E-state index is -1.35. The van der Waals surface area contributed by atoms with Crippen LogP contribution in [0.5, 0.6) is 5.75 Å². The highest BCUT2D eigenvalue weighted by molar-refractivity contribution is 6.31. The first-order chi connectivity index (χ1) is 19.2. The van der Waals surface area contributed by atoms with Crippen LogP contribution in [0.15, 0.2) is 36.4 Å². The number of hydrogen-bond donors (Lipinski definition) is 6. The summed E-state index contributed by atoms with van der Waals surface area (Å²) >= 11 is 6.59. The van der Waals surface area contributed by atoms with Gasteiger partial charge >= 0.3 is 5.97 Å². The van der Waals surface area contributed by atoms with Gasteiger partial charge in [0.25, 0.3) is 0 Å². The summed E-state index contributed by atoms with van der Waals surface area (Å²) in [5.41, 5.74) is 3.52. The summed E-state index contributed by atoms with van der Waals surface area (Å²) in [6.07, 6.45) is 0.111. The molecule has 3 fully saturated rings. The minimum Gasteiger partial charge on any atom is -0.491 e. The molecule has 2 saturated carbocycles. The van der Waals surface area contributed by atoms with Gasteiger partial charge in [-0.15, -0.1) is 0 Å². The van der Waals surface area contributed by atoms with Crippen LogP contribution in [0, 0.1) is 5.92 Å². The number of rotatable bonds is 11. The highest BCUT2D eigenvalue weighted by Crippen LogP contribution is 2.39. The van der Waals surface area contributed by atoms with Crippen LogP contribution in [0.1, 0.15) is 59.8 Å². The number of aliphatic carboxylic acids is 1. The molecular weight excluding hydrogens is 538 g/mol. The maximum Gasteiger partial charge on any atom is 0.320 e. The summed E-state index contributed by atoms with van der Waals surface area (Å²) in [6, 6.07) is 10.8. The van der Waals surface area contributed by atoms with Crippen molar-refractivity contribution in [2.24, 2.45) is 5.92 Å². The Morgan fingerprint density at radius 3 is 2.50 bits per heavy atom. The highest BCUT2D eigenvalue weighted by atomic mass is 35.5. The molecule has 1 saturated heterocycles. The molecule has 0 amide bonds. The summed E-state index contributed by atoms with van der Waals surface area (Å²) in [4.78, 5) is 11.6. The predicted octanol–water partition coefficient (Wildman–Crippen LogP) is 2.20. The first-order valence-corrected chi connectivity index (χ1v) is 14.4. The van der Waals surface area contributed by atoms with E-state index in [1.54, 1.807) is 12.1 Å². The third-order valence-corrected chi connectivity index (χ3v) is 8.81. The van der Waals surface area contributed by atoms with Crippen molar-refractivity contribution in [2.45, 2.75) is 74.4 Å². The molecule has 3 aliphatic rings. The second-order valence-corrected chi connectivity index (χ2v) is 11.7. The number of aliphatic hydroxyl groups is 4. The lowest BCUT2D eigenvalue weighted by Crippen LogP contribution is -2.51. The number of ether oxygens (including phenoxy) is 2. The summed E-state index contributed by atoms with van der Waals surface area (Å²) in [5.74, 6) is -1.18. The van der Waals surface area contributed by atoms with Gasteiger partial charge in [0.05, 0.1) is 24.9 Å². The molecule has 0 bridgehead atoms. The second-order valence-electron chi connectivity index (χ2n) is 11.3. The fourth-order valence-corrected chi connectivity index (χ4v) is 6.12. The topological polar surface area (TPSA) is 149 Å². The molecule has 10 heteroatoms. The summed E-state index contributed by atoms with van der Waals surface area (Å²) in [7, 11) is 0. The van der Waals surface area contributed by atoms with Crippen molar-refractivity contribution < 1.29 is 39.8 Å². The number of nitrogens with one attached hydrogen (secondary N) is 1. The van der Waals surface area contributed by atoms with Crippen molar-refractivity contribution >= 4 is 17.6 Å². The van der Waals surface area contributed by atoms with Gasteiger partial charge in [-0.2, -0.15) is 0 Å². The number of carboxylic acid groups (broad SMARTS) is 1. The van der Waals surface area contributed by atoms with Crippen LogP contribution in [0.3, 0.4) is 0 Å². The van der Waals surface area contributed by atoms with Crippen LogP contribution in [-0.2, 0) is 16.0 Å². The van der Waals surface area contributed by atoms with Gasteiger partial charge in [0.1, 0.15) is 24.5 Å². The Kier molecular flexibility index (Phi) is 9.31. The van der Waals surface area contributed by atoms with E-state index in [9.17, 15) is 30.3 Å². The Morgan fingerprint density at radius 2 is 1.80 bits per heavy atom. The lowest BCUT2D eigenvalue weighted by atomic mass is 9.73. The molecule has 0 aromatic heterocycles. The van der Waals surface area contributed by atoms with Gasteiger partial charge in [-0.3, -0.25) is 4.79 Å². The quantitative estimate of drug-likeness (QED) is 0.222. The summed E-state index contributed by atoms with van der Waals surface area (Å²) in [6.45, 7) is 1.17. The standard InChI is InChI=1S/C30H38ClNO8/c31-24-5-2-17(23-12-20(15-33)27(34)29(36)28(23)35)11-18(24)9-16-1-6-26(40-8-7-39-21-3-4-21)22(10-16)19-13-25(30(37)38)32-14-19/h1-2,5-6,10-11,19-21,23,25,27-29,32-36H,3-4,7-9,12-15H2,(H,37,38)/t19?,20-,23+,25+,27-,28+,29+/m1/s1. The zero-order valence-electron chi connectivity index (χ0n) is 22.3. The van der Waals surface area contributed by atoms with Gasteiger partial charge in [0.2, 0.25) is 0 Å². The number of halogens is 1. The van der Waals surface area contributed by atoms with Gasteiger partial charge in [-0.25, -0.2) is 0 Å². The number of aliphatic hydroxyl groups excluding tert-OH is 4. The molecule has 218 valence electrons. The average Bonchev–Trinajstić information content (AvgIpc) is 3.64. The van der Waals surface area contributed by atoms with Crippen LogP contribution in [-0.4, -0.2) is 88.3 Å². The molecule has 5 rings (SSSR count). The Morgan fingerprint density at radius 1 is 1.00 bits per heavy atom. The molecule has 6 N–H and O–H groups in total. The van der Waals surface area contributed by atoms with Crippen molar-refractivity contribution in [3.05, 3.63) is 63.7 Å². The average molecular weight is 576 g/mol. The van der Waals surface area contributed by atoms with Crippen LogP contribution in [0.25, 0.3) is 0 Å². The maximum absolute atomic E-state index is 11.6. The van der Waals surface area contributed by atoms with Crippen LogP contribution in [0.2, 0.25) is 5.02 Å². The number of hydrogen-bond acceptors (Lipinski definition) is 8. The monoisotopic (exact) mass is 575 g/mol. The van der Waals surface area contributed by atoms with E-state index in [2.05, 4.69) is 5.32 Å². The number of carbonyl (C=O) groups is 1.